The summed E-state index contributed by atoms with van der Waals surface area (Å²) in [5.41, 5.74) is -0.456. The molecule has 2 unspecified atom stereocenters. The number of amides is 2. The molecular formula is C12H22ClN3O2. The Kier molecular flexibility index (Phi) is 4.99. The van der Waals surface area contributed by atoms with Crippen LogP contribution in [0.5, 0.6) is 0 Å². The van der Waals surface area contributed by atoms with Crippen molar-refractivity contribution in [1.82, 2.24) is 15.5 Å². The maximum absolute atomic E-state index is 12.2. The molecule has 104 valence electrons. The Hall–Kier alpha value is -0.810. The number of rotatable bonds is 2. The maximum atomic E-state index is 12.2. The third kappa shape index (κ3) is 3.14. The van der Waals surface area contributed by atoms with Gasteiger partial charge in [0, 0.05) is 20.0 Å². The first-order chi connectivity index (χ1) is 8.01. The van der Waals surface area contributed by atoms with Crippen molar-refractivity contribution >= 4 is 24.2 Å². The van der Waals surface area contributed by atoms with Crippen LogP contribution in [0.2, 0.25) is 0 Å². The Morgan fingerprint density at radius 3 is 2.72 bits per heavy atom. The number of carbonyl (C=O) groups excluding carboxylic acids is 2. The summed E-state index contributed by atoms with van der Waals surface area (Å²) in [5, 5.41) is 6.27. The predicted molar refractivity (Wildman–Crippen MR) is 71.7 cm³/mol. The van der Waals surface area contributed by atoms with Crippen molar-refractivity contribution in [2.24, 2.45) is 0 Å². The summed E-state index contributed by atoms with van der Waals surface area (Å²) >= 11 is 0. The number of nitrogens with one attached hydrogen (secondary N) is 2. The van der Waals surface area contributed by atoms with Crippen LogP contribution in [-0.2, 0) is 9.59 Å². The molecule has 0 aliphatic carbocycles. The van der Waals surface area contributed by atoms with Gasteiger partial charge in [-0.05, 0) is 32.7 Å². The summed E-state index contributed by atoms with van der Waals surface area (Å²) in [6, 6.07) is -0.0273. The highest BCUT2D eigenvalue weighted by Gasteiger charge is 2.37. The van der Waals surface area contributed by atoms with Gasteiger partial charge in [0.1, 0.15) is 0 Å². The van der Waals surface area contributed by atoms with Gasteiger partial charge in [-0.1, -0.05) is 0 Å². The first kappa shape index (κ1) is 15.2. The van der Waals surface area contributed by atoms with E-state index in [9.17, 15) is 9.59 Å². The standard InChI is InChI=1S/C12H21N3O2.ClH/c1-12(5-3-4-6-13-12)11(17)14-9-7-10(16)15(2)8-9;/h9,13H,3-8H2,1-2H3,(H,14,17);1H. The van der Waals surface area contributed by atoms with Crippen molar-refractivity contribution in [3.8, 4) is 0 Å². The van der Waals surface area contributed by atoms with Gasteiger partial charge in [0.15, 0.2) is 0 Å². The van der Waals surface area contributed by atoms with Crippen LogP contribution in [0.1, 0.15) is 32.6 Å². The predicted octanol–water partition coefficient (Wildman–Crippen LogP) is 0.287. The number of nitrogens with zero attached hydrogens (tertiary/aromatic N) is 1. The summed E-state index contributed by atoms with van der Waals surface area (Å²) in [6.07, 6.45) is 3.52. The number of likely N-dealkylation sites (N-methyl/N-ethyl adjacent to an activating group) is 1. The number of likely N-dealkylation sites (tertiary alicyclic amines) is 1. The first-order valence-corrected chi connectivity index (χ1v) is 6.31. The minimum absolute atomic E-state index is 0. The van der Waals surface area contributed by atoms with E-state index in [-0.39, 0.29) is 30.3 Å². The summed E-state index contributed by atoms with van der Waals surface area (Å²) in [5.74, 6) is 0.141. The molecule has 6 heteroatoms. The second-order valence-corrected chi connectivity index (χ2v) is 5.36. The van der Waals surface area contributed by atoms with Crippen molar-refractivity contribution in [2.75, 3.05) is 20.1 Å². The molecule has 0 aromatic carbocycles. The van der Waals surface area contributed by atoms with E-state index in [1.807, 2.05) is 6.92 Å². The van der Waals surface area contributed by atoms with Gasteiger partial charge in [-0.3, -0.25) is 9.59 Å². The van der Waals surface area contributed by atoms with E-state index in [1.165, 1.54) is 0 Å². The lowest BCUT2D eigenvalue weighted by Gasteiger charge is -2.34. The van der Waals surface area contributed by atoms with Crippen molar-refractivity contribution in [3.05, 3.63) is 0 Å². The molecule has 0 aromatic heterocycles. The smallest absolute Gasteiger partial charge is 0.240 e. The topological polar surface area (TPSA) is 61.4 Å². The van der Waals surface area contributed by atoms with Crippen molar-refractivity contribution in [3.63, 3.8) is 0 Å². The van der Waals surface area contributed by atoms with Crippen molar-refractivity contribution < 1.29 is 9.59 Å². The molecule has 5 nitrogen and oxygen atoms in total. The van der Waals surface area contributed by atoms with E-state index < -0.39 is 5.54 Å². The highest BCUT2D eigenvalue weighted by Crippen LogP contribution is 2.19. The quantitative estimate of drug-likeness (QED) is 0.761. The van der Waals surface area contributed by atoms with Gasteiger partial charge in [-0.2, -0.15) is 0 Å². The molecule has 0 radical (unpaired) electrons. The normalized spacial score (nSPS) is 32.0. The Labute approximate surface area is 114 Å². The Bertz CT molecular complexity index is 329. The molecule has 2 atom stereocenters. The number of hydrogen-bond acceptors (Lipinski definition) is 3. The van der Waals surface area contributed by atoms with Gasteiger partial charge in [-0.15, -0.1) is 12.4 Å². The van der Waals surface area contributed by atoms with Crippen LogP contribution in [-0.4, -0.2) is 48.4 Å². The van der Waals surface area contributed by atoms with Crippen LogP contribution in [0.15, 0.2) is 0 Å². The fourth-order valence-corrected chi connectivity index (χ4v) is 2.55. The lowest BCUT2D eigenvalue weighted by atomic mass is 9.90. The molecule has 2 rings (SSSR count). The number of piperidine rings is 1. The van der Waals surface area contributed by atoms with Crippen LogP contribution >= 0.6 is 12.4 Å². The van der Waals surface area contributed by atoms with Gasteiger partial charge in [-0.25, -0.2) is 0 Å². The number of carbonyl (C=O) groups is 2. The van der Waals surface area contributed by atoms with Gasteiger partial charge >= 0.3 is 0 Å². The van der Waals surface area contributed by atoms with E-state index in [0.717, 1.165) is 25.8 Å². The SMILES string of the molecule is CN1CC(NC(=O)C2(C)CCCCN2)CC1=O.Cl. The number of halogens is 1. The summed E-state index contributed by atoms with van der Waals surface area (Å²) in [6.45, 7) is 3.47. The third-order valence-corrected chi connectivity index (χ3v) is 3.80. The highest BCUT2D eigenvalue weighted by atomic mass is 35.5. The molecule has 0 aromatic rings. The third-order valence-electron chi connectivity index (χ3n) is 3.80. The van der Waals surface area contributed by atoms with Gasteiger partial charge in [0.05, 0.1) is 11.6 Å². The lowest BCUT2D eigenvalue weighted by Crippen LogP contribution is -2.58. The fourth-order valence-electron chi connectivity index (χ4n) is 2.55. The lowest BCUT2D eigenvalue weighted by molar-refractivity contribution is -0.128. The minimum atomic E-state index is -0.456. The Balaban J connectivity index is 0.00000162. The van der Waals surface area contributed by atoms with Crippen LogP contribution in [0, 0.1) is 0 Å². The molecular weight excluding hydrogens is 254 g/mol. The molecule has 2 amide bonds. The molecule has 0 spiro atoms. The fraction of sp³-hybridized carbons (Fsp3) is 0.833. The van der Waals surface area contributed by atoms with Crippen LogP contribution in [0.4, 0.5) is 0 Å². The zero-order chi connectivity index (χ0) is 12.5. The van der Waals surface area contributed by atoms with Crippen molar-refractivity contribution in [2.45, 2.75) is 44.2 Å². The Morgan fingerprint density at radius 1 is 1.50 bits per heavy atom. The molecule has 0 bridgehead atoms. The van der Waals surface area contributed by atoms with E-state index in [0.29, 0.717) is 13.0 Å². The van der Waals surface area contributed by atoms with Crippen LogP contribution < -0.4 is 10.6 Å². The minimum Gasteiger partial charge on any atom is -0.349 e. The van der Waals surface area contributed by atoms with Gasteiger partial charge in [0.2, 0.25) is 11.8 Å². The summed E-state index contributed by atoms with van der Waals surface area (Å²) in [4.78, 5) is 25.2. The summed E-state index contributed by atoms with van der Waals surface area (Å²) in [7, 11) is 1.77. The zero-order valence-corrected chi connectivity index (χ0v) is 11.8. The van der Waals surface area contributed by atoms with E-state index in [1.54, 1.807) is 11.9 Å². The van der Waals surface area contributed by atoms with E-state index in [2.05, 4.69) is 10.6 Å². The van der Waals surface area contributed by atoms with E-state index in [4.69, 9.17) is 0 Å². The van der Waals surface area contributed by atoms with E-state index >= 15 is 0 Å². The highest BCUT2D eigenvalue weighted by molar-refractivity contribution is 5.87. The monoisotopic (exact) mass is 275 g/mol. The van der Waals surface area contributed by atoms with Crippen LogP contribution in [0.3, 0.4) is 0 Å². The number of hydrogen-bond donors (Lipinski definition) is 2. The molecule has 2 aliphatic heterocycles. The molecule has 2 aliphatic rings. The first-order valence-electron chi connectivity index (χ1n) is 6.31. The molecule has 0 saturated carbocycles. The second-order valence-electron chi connectivity index (χ2n) is 5.36. The molecule has 2 heterocycles. The second kappa shape index (κ2) is 5.89. The molecule has 18 heavy (non-hydrogen) atoms. The molecule has 2 N–H and O–H groups in total. The van der Waals surface area contributed by atoms with Crippen molar-refractivity contribution in [1.29, 1.82) is 0 Å². The maximum Gasteiger partial charge on any atom is 0.240 e. The van der Waals surface area contributed by atoms with Gasteiger partial charge in [0.25, 0.3) is 0 Å². The summed E-state index contributed by atoms with van der Waals surface area (Å²) < 4.78 is 0. The molecule has 2 saturated heterocycles. The average Bonchev–Trinajstić information content (AvgIpc) is 2.59. The van der Waals surface area contributed by atoms with Gasteiger partial charge < -0.3 is 15.5 Å². The largest absolute Gasteiger partial charge is 0.349 e. The zero-order valence-electron chi connectivity index (χ0n) is 11.0. The van der Waals surface area contributed by atoms with Crippen LogP contribution in [0.25, 0.3) is 0 Å². The Morgan fingerprint density at radius 2 is 2.22 bits per heavy atom. The molecule has 2 fully saturated rings. The average molecular weight is 276 g/mol.